The van der Waals surface area contributed by atoms with Gasteiger partial charge in [0.15, 0.2) is 0 Å². The fraction of sp³-hybridized carbons (Fsp3) is 0.267. The van der Waals surface area contributed by atoms with E-state index in [0.717, 1.165) is 30.9 Å². The van der Waals surface area contributed by atoms with Crippen molar-refractivity contribution in [3.8, 4) is 6.07 Å². The molecule has 1 N–H and O–H groups in total. The number of rotatable bonds is 3. The van der Waals surface area contributed by atoms with Crippen molar-refractivity contribution >= 4 is 11.4 Å². The number of aromatic nitrogens is 2. The van der Waals surface area contributed by atoms with Crippen molar-refractivity contribution in [2.45, 2.75) is 12.5 Å². The van der Waals surface area contributed by atoms with Crippen LogP contribution >= 0.6 is 0 Å². The van der Waals surface area contributed by atoms with Crippen molar-refractivity contribution in [1.82, 2.24) is 9.97 Å². The SMILES string of the molecule is N#Cc1cnccc1NC1CCN(c2cccnc2)C1. The highest BCUT2D eigenvalue weighted by Gasteiger charge is 2.23. The van der Waals surface area contributed by atoms with Gasteiger partial charge in [-0.1, -0.05) is 0 Å². The highest BCUT2D eigenvalue weighted by atomic mass is 15.2. The van der Waals surface area contributed by atoms with Gasteiger partial charge < -0.3 is 10.2 Å². The lowest BCUT2D eigenvalue weighted by Crippen LogP contribution is -2.26. The molecular weight excluding hydrogens is 250 g/mol. The number of pyridine rings is 2. The zero-order valence-electron chi connectivity index (χ0n) is 11.0. The maximum absolute atomic E-state index is 9.07. The predicted molar refractivity (Wildman–Crippen MR) is 77.4 cm³/mol. The van der Waals surface area contributed by atoms with Gasteiger partial charge in [-0.05, 0) is 24.6 Å². The fourth-order valence-corrected chi connectivity index (χ4v) is 2.48. The third kappa shape index (κ3) is 2.54. The molecule has 0 amide bonds. The summed E-state index contributed by atoms with van der Waals surface area (Å²) in [4.78, 5) is 10.4. The summed E-state index contributed by atoms with van der Waals surface area (Å²) in [5, 5.41) is 12.5. The third-order valence-electron chi connectivity index (χ3n) is 3.50. The molecule has 1 unspecified atom stereocenters. The van der Waals surface area contributed by atoms with Gasteiger partial charge in [0.25, 0.3) is 0 Å². The summed E-state index contributed by atoms with van der Waals surface area (Å²) < 4.78 is 0. The Kier molecular flexibility index (Phi) is 3.46. The second-order valence-corrected chi connectivity index (χ2v) is 4.82. The Hall–Kier alpha value is -2.61. The van der Waals surface area contributed by atoms with E-state index >= 15 is 0 Å². The van der Waals surface area contributed by atoms with E-state index in [0.29, 0.717) is 11.6 Å². The lowest BCUT2D eigenvalue weighted by molar-refractivity contribution is 0.806. The Morgan fingerprint density at radius 2 is 2.15 bits per heavy atom. The van der Waals surface area contributed by atoms with Crippen LogP contribution in [0.25, 0.3) is 0 Å². The van der Waals surface area contributed by atoms with Crippen molar-refractivity contribution in [2.75, 3.05) is 23.3 Å². The quantitative estimate of drug-likeness (QED) is 0.920. The summed E-state index contributed by atoms with van der Waals surface area (Å²) in [5.74, 6) is 0. The Morgan fingerprint density at radius 3 is 2.95 bits per heavy atom. The fourth-order valence-electron chi connectivity index (χ4n) is 2.48. The molecule has 1 aliphatic heterocycles. The molecule has 5 heteroatoms. The second-order valence-electron chi connectivity index (χ2n) is 4.82. The lowest BCUT2D eigenvalue weighted by atomic mass is 10.2. The van der Waals surface area contributed by atoms with Crippen LogP contribution in [-0.2, 0) is 0 Å². The first kappa shape index (κ1) is 12.4. The van der Waals surface area contributed by atoms with Crippen LogP contribution in [0, 0.1) is 11.3 Å². The number of hydrogen-bond donors (Lipinski definition) is 1. The molecule has 0 bridgehead atoms. The van der Waals surface area contributed by atoms with Gasteiger partial charge in [0.05, 0.1) is 23.1 Å². The molecule has 1 atom stereocenters. The highest BCUT2D eigenvalue weighted by molar-refractivity contribution is 5.57. The van der Waals surface area contributed by atoms with Gasteiger partial charge in [-0.25, -0.2) is 0 Å². The summed E-state index contributed by atoms with van der Waals surface area (Å²) >= 11 is 0. The van der Waals surface area contributed by atoms with Crippen molar-refractivity contribution in [3.63, 3.8) is 0 Å². The molecular formula is C15H15N5. The van der Waals surface area contributed by atoms with E-state index in [1.165, 1.54) is 0 Å². The number of anilines is 2. The monoisotopic (exact) mass is 265 g/mol. The number of hydrogen-bond acceptors (Lipinski definition) is 5. The molecule has 0 saturated carbocycles. The van der Waals surface area contributed by atoms with Gasteiger partial charge >= 0.3 is 0 Å². The number of nitriles is 1. The molecule has 3 heterocycles. The van der Waals surface area contributed by atoms with E-state index < -0.39 is 0 Å². The molecule has 2 aromatic rings. The molecule has 100 valence electrons. The Balaban J connectivity index is 1.68. The standard InChI is InChI=1S/C15H15N5/c16-8-12-9-18-6-3-15(12)19-13-4-7-20(11-13)14-2-1-5-17-10-14/h1-3,5-6,9-10,13H,4,7,11H2,(H,18,19). The normalized spacial score (nSPS) is 17.8. The molecule has 3 rings (SSSR count). The molecule has 1 aliphatic rings. The van der Waals surface area contributed by atoms with Crippen LogP contribution in [0.2, 0.25) is 0 Å². The zero-order valence-corrected chi connectivity index (χ0v) is 11.0. The van der Waals surface area contributed by atoms with Crippen LogP contribution in [0.3, 0.4) is 0 Å². The van der Waals surface area contributed by atoms with Crippen LogP contribution in [0.5, 0.6) is 0 Å². The Morgan fingerprint density at radius 1 is 1.25 bits per heavy atom. The van der Waals surface area contributed by atoms with Crippen LogP contribution in [0.1, 0.15) is 12.0 Å². The summed E-state index contributed by atoms with van der Waals surface area (Å²) in [6.45, 7) is 1.91. The van der Waals surface area contributed by atoms with Gasteiger partial charge in [-0.3, -0.25) is 9.97 Å². The van der Waals surface area contributed by atoms with Crippen molar-refractivity contribution < 1.29 is 0 Å². The lowest BCUT2D eigenvalue weighted by Gasteiger charge is -2.19. The smallest absolute Gasteiger partial charge is 0.103 e. The maximum atomic E-state index is 9.07. The molecule has 0 radical (unpaired) electrons. The summed E-state index contributed by atoms with van der Waals surface area (Å²) in [6.07, 6.45) is 8.01. The van der Waals surface area contributed by atoms with E-state index in [1.807, 2.05) is 18.3 Å². The van der Waals surface area contributed by atoms with Crippen molar-refractivity contribution in [2.24, 2.45) is 0 Å². The average Bonchev–Trinajstić information content (AvgIpc) is 2.97. The van der Waals surface area contributed by atoms with Crippen LogP contribution in [0.15, 0.2) is 43.0 Å². The first-order valence-electron chi connectivity index (χ1n) is 6.62. The minimum atomic E-state index is 0.338. The maximum Gasteiger partial charge on any atom is 0.103 e. The largest absolute Gasteiger partial charge is 0.379 e. The summed E-state index contributed by atoms with van der Waals surface area (Å²) in [6, 6.07) is 8.38. The Bertz CT molecular complexity index is 620. The van der Waals surface area contributed by atoms with Gasteiger partial charge in [0.1, 0.15) is 6.07 Å². The van der Waals surface area contributed by atoms with E-state index in [9.17, 15) is 0 Å². The van der Waals surface area contributed by atoms with Gasteiger partial charge in [0, 0.05) is 37.7 Å². The predicted octanol–water partition coefficient (Wildman–Crippen LogP) is 2.04. The summed E-state index contributed by atoms with van der Waals surface area (Å²) in [7, 11) is 0. The zero-order chi connectivity index (χ0) is 13.8. The minimum absolute atomic E-state index is 0.338. The average molecular weight is 265 g/mol. The van der Waals surface area contributed by atoms with Crippen LogP contribution in [0.4, 0.5) is 11.4 Å². The second kappa shape index (κ2) is 5.57. The van der Waals surface area contributed by atoms with E-state index in [-0.39, 0.29) is 0 Å². The Labute approximate surface area is 117 Å². The molecule has 0 aromatic carbocycles. The molecule has 2 aromatic heterocycles. The molecule has 5 nitrogen and oxygen atoms in total. The van der Waals surface area contributed by atoms with Crippen LogP contribution < -0.4 is 10.2 Å². The third-order valence-corrected chi connectivity index (χ3v) is 3.50. The topological polar surface area (TPSA) is 64.8 Å². The first-order valence-corrected chi connectivity index (χ1v) is 6.62. The van der Waals surface area contributed by atoms with Gasteiger partial charge in [-0.2, -0.15) is 5.26 Å². The van der Waals surface area contributed by atoms with Crippen LogP contribution in [-0.4, -0.2) is 29.1 Å². The molecule has 1 fully saturated rings. The van der Waals surface area contributed by atoms with E-state index in [1.54, 1.807) is 18.6 Å². The van der Waals surface area contributed by atoms with Crippen molar-refractivity contribution in [3.05, 3.63) is 48.5 Å². The van der Waals surface area contributed by atoms with E-state index in [2.05, 4.69) is 32.3 Å². The first-order chi connectivity index (χ1) is 9.86. The minimum Gasteiger partial charge on any atom is -0.379 e. The number of nitrogens with one attached hydrogen (secondary N) is 1. The van der Waals surface area contributed by atoms with Crippen molar-refractivity contribution in [1.29, 1.82) is 5.26 Å². The van der Waals surface area contributed by atoms with Gasteiger partial charge in [-0.15, -0.1) is 0 Å². The van der Waals surface area contributed by atoms with Gasteiger partial charge in [0.2, 0.25) is 0 Å². The molecule has 1 saturated heterocycles. The highest BCUT2D eigenvalue weighted by Crippen LogP contribution is 2.22. The van der Waals surface area contributed by atoms with E-state index in [4.69, 9.17) is 5.26 Å². The molecule has 20 heavy (non-hydrogen) atoms. The molecule has 0 aliphatic carbocycles. The number of nitrogens with zero attached hydrogens (tertiary/aromatic N) is 4. The summed E-state index contributed by atoms with van der Waals surface area (Å²) in [5.41, 5.74) is 2.60. The molecule has 0 spiro atoms.